The molecule has 0 atom stereocenters. The molecule has 0 fully saturated rings. The van der Waals surface area contributed by atoms with Gasteiger partial charge in [0.05, 0.1) is 12.1 Å². The minimum Gasteiger partial charge on any atom is -0.350 e. The number of carbonyl (C=O) groups is 2. The Labute approximate surface area is 185 Å². The molecule has 3 aromatic carbocycles. The van der Waals surface area contributed by atoms with Gasteiger partial charge < -0.3 is 5.32 Å². The summed E-state index contributed by atoms with van der Waals surface area (Å²) in [6.45, 7) is 3.89. The zero-order valence-corrected chi connectivity index (χ0v) is 17.8. The zero-order chi connectivity index (χ0) is 22.1. The van der Waals surface area contributed by atoms with Crippen molar-refractivity contribution in [2.75, 3.05) is 5.32 Å². The molecule has 1 N–H and O–H groups in total. The Morgan fingerprint density at radius 1 is 0.903 bits per heavy atom. The highest BCUT2D eigenvalue weighted by Crippen LogP contribution is 2.33. The highest BCUT2D eigenvalue weighted by atomic mass is 35.5. The zero-order valence-electron chi connectivity index (χ0n) is 17.1. The van der Waals surface area contributed by atoms with Gasteiger partial charge in [0.2, 0.25) is 0 Å². The normalized spacial score (nSPS) is 13.9. The van der Waals surface area contributed by atoms with Crippen LogP contribution < -0.4 is 5.32 Å². The third-order valence-electron chi connectivity index (χ3n) is 5.22. The van der Waals surface area contributed by atoms with E-state index in [9.17, 15) is 14.0 Å². The highest BCUT2D eigenvalue weighted by molar-refractivity contribution is 6.36. The minimum absolute atomic E-state index is 0.0486. The molecule has 4 rings (SSSR count). The summed E-state index contributed by atoms with van der Waals surface area (Å²) in [5.74, 6) is -1.22. The lowest BCUT2D eigenvalue weighted by Gasteiger charge is -2.16. The number of benzene rings is 3. The number of hydrogen-bond donors (Lipinski definition) is 1. The molecule has 0 bridgehead atoms. The minimum atomic E-state index is -0.440. The van der Waals surface area contributed by atoms with Gasteiger partial charge in [-0.15, -0.1) is 0 Å². The van der Waals surface area contributed by atoms with Crippen LogP contribution in [0, 0.1) is 19.7 Å². The number of rotatable bonds is 5. The maximum absolute atomic E-state index is 13.3. The Morgan fingerprint density at radius 2 is 1.58 bits per heavy atom. The average Bonchev–Trinajstić information content (AvgIpc) is 2.97. The van der Waals surface area contributed by atoms with Gasteiger partial charge in [0, 0.05) is 10.7 Å². The Kier molecular flexibility index (Phi) is 5.61. The fraction of sp³-hybridized carbons (Fsp3) is 0.120. The topological polar surface area (TPSA) is 49.4 Å². The van der Waals surface area contributed by atoms with Crippen LogP contribution in [-0.2, 0) is 16.1 Å². The predicted molar refractivity (Wildman–Crippen MR) is 120 cm³/mol. The molecule has 1 heterocycles. The van der Waals surface area contributed by atoms with Crippen LogP contribution in [0.25, 0.3) is 5.57 Å². The van der Waals surface area contributed by atoms with Crippen LogP contribution in [0.1, 0.15) is 22.3 Å². The number of nitrogens with zero attached hydrogens (tertiary/aromatic N) is 1. The summed E-state index contributed by atoms with van der Waals surface area (Å²) in [7, 11) is 0. The van der Waals surface area contributed by atoms with Gasteiger partial charge in [0.1, 0.15) is 11.5 Å². The van der Waals surface area contributed by atoms with Gasteiger partial charge in [-0.25, -0.2) is 4.39 Å². The molecule has 2 amide bonds. The second kappa shape index (κ2) is 8.36. The molecule has 1 aliphatic heterocycles. The summed E-state index contributed by atoms with van der Waals surface area (Å²) in [6.07, 6.45) is 0. The second-order valence-electron chi connectivity index (χ2n) is 7.52. The Balaban J connectivity index is 1.76. The molecule has 0 aliphatic carbocycles. The molecule has 0 aromatic heterocycles. The fourth-order valence-corrected chi connectivity index (χ4v) is 3.63. The number of carbonyl (C=O) groups excluding carboxylic acids is 2. The van der Waals surface area contributed by atoms with Crippen LogP contribution in [0.5, 0.6) is 0 Å². The Bertz CT molecular complexity index is 1200. The molecule has 0 spiro atoms. The first kappa shape index (κ1) is 20.8. The highest BCUT2D eigenvalue weighted by Gasteiger charge is 2.39. The first-order chi connectivity index (χ1) is 14.8. The van der Waals surface area contributed by atoms with E-state index in [1.165, 1.54) is 17.0 Å². The number of hydrogen-bond acceptors (Lipinski definition) is 3. The van der Waals surface area contributed by atoms with Crippen LogP contribution in [-0.4, -0.2) is 16.7 Å². The standard InChI is InChI=1S/C25H20ClFN2O2/c1-15-3-8-18(9-4-15)22-23(28-21-13-19(26)10-5-16(21)2)25(31)29(24(22)30)14-17-6-11-20(27)12-7-17/h3-13,28H,14H2,1-2H3. The van der Waals surface area contributed by atoms with E-state index in [1.807, 2.05) is 44.2 Å². The van der Waals surface area contributed by atoms with Crippen LogP contribution in [0.15, 0.2) is 72.4 Å². The fourth-order valence-electron chi connectivity index (χ4n) is 3.46. The van der Waals surface area contributed by atoms with Gasteiger partial charge in [0.25, 0.3) is 11.8 Å². The molecule has 31 heavy (non-hydrogen) atoms. The SMILES string of the molecule is Cc1ccc(C2=C(Nc3cc(Cl)ccc3C)C(=O)N(Cc3ccc(F)cc3)C2=O)cc1. The van der Waals surface area contributed by atoms with Crippen molar-refractivity contribution in [3.63, 3.8) is 0 Å². The summed E-state index contributed by atoms with van der Waals surface area (Å²) >= 11 is 6.14. The van der Waals surface area contributed by atoms with Crippen molar-refractivity contribution in [3.05, 3.63) is 106 Å². The molecule has 6 heteroatoms. The van der Waals surface area contributed by atoms with Crippen molar-refractivity contribution in [1.82, 2.24) is 4.90 Å². The lowest BCUT2D eigenvalue weighted by atomic mass is 10.0. The first-order valence-corrected chi connectivity index (χ1v) is 10.2. The van der Waals surface area contributed by atoms with Crippen LogP contribution in [0.4, 0.5) is 10.1 Å². The lowest BCUT2D eigenvalue weighted by molar-refractivity contribution is -0.137. The third-order valence-corrected chi connectivity index (χ3v) is 5.46. The van der Waals surface area contributed by atoms with Crippen molar-refractivity contribution in [2.24, 2.45) is 0 Å². The summed E-state index contributed by atoms with van der Waals surface area (Å²) in [5.41, 5.74) is 4.38. The van der Waals surface area contributed by atoms with Gasteiger partial charge in [0.15, 0.2) is 0 Å². The number of amides is 2. The number of anilines is 1. The summed E-state index contributed by atoms with van der Waals surface area (Å²) in [6, 6.07) is 18.5. The molecule has 0 saturated heterocycles. The molecule has 1 aliphatic rings. The number of aryl methyl sites for hydroxylation is 2. The smallest absolute Gasteiger partial charge is 0.278 e. The van der Waals surface area contributed by atoms with E-state index in [-0.39, 0.29) is 18.1 Å². The molecule has 0 radical (unpaired) electrons. The van der Waals surface area contributed by atoms with Crippen LogP contribution in [0.3, 0.4) is 0 Å². The molecule has 156 valence electrons. The van der Waals surface area contributed by atoms with E-state index in [4.69, 9.17) is 11.6 Å². The molecular weight excluding hydrogens is 415 g/mol. The van der Waals surface area contributed by atoms with Gasteiger partial charge in [-0.3, -0.25) is 14.5 Å². The number of nitrogens with one attached hydrogen (secondary N) is 1. The van der Waals surface area contributed by atoms with Crippen LogP contribution >= 0.6 is 11.6 Å². The van der Waals surface area contributed by atoms with E-state index in [0.29, 0.717) is 27.4 Å². The quantitative estimate of drug-likeness (QED) is 0.540. The van der Waals surface area contributed by atoms with E-state index in [0.717, 1.165) is 11.1 Å². The van der Waals surface area contributed by atoms with Gasteiger partial charge >= 0.3 is 0 Å². The third kappa shape index (κ3) is 4.23. The lowest BCUT2D eigenvalue weighted by Crippen LogP contribution is -2.32. The van der Waals surface area contributed by atoms with Gasteiger partial charge in [-0.05, 0) is 54.8 Å². The summed E-state index contributed by atoms with van der Waals surface area (Å²) in [4.78, 5) is 27.8. The van der Waals surface area contributed by atoms with Gasteiger partial charge in [-0.1, -0.05) is 59.6 Å². The maximum atomic E-state index is 13.3. The second-order valence-corrected chi connectivity index (χ2v) is 7.96. The first-order valence-electron chi connectivity index (χ1n) is 9.78. The molecular formula is C25H20ClFN2O2. The number of halogens is 2. The summed E-state index contributed by atoms with van der Waals surface area (Å²) in [5, 5.41) is 3.66. The molecule has 3 aromatic rings. The van der Waals surface area contributed by atoms with Crippen molar-refractivity contribution >= 4 is 34.7 Å². The average molecular weight is 435 g/mol. The van der Waals surface area contributed by atoms with Crippen molar-refractivity contribution in [3.8, 4) is 0 Å². The molecule has 4 nitrogen and oxygen atoms in total. The van der Waals surface area contributed by atoms with Crippen LogP contribution in [0.2, 0.25) is 5.02 Å². The van der Waals surface area contributed by atoms with E-state index < -0.39 is 11.8 Å². The Hall–Kier alpha value is -3.44. The van der Waals surface area contributed by atoms with Crippen molar-refractivity contribution < 1.29 is 14.0 Å². The number of imide groups is 1. The van der Waals surface area contributed by atoms with E-state index in [1.54, 1.807) is 24.3 Å². The maximum Gasteiger partial charge on any atom is 0.278 e. The molecule has 0 unspecified atom stereocenters. The van der Waals surface area contributed by atoms with E-state index in [2.05, 4.69) is 5.32 Å². The van der Waals surface area contributed by atoms with Crippen molar-refractivity contribution in [2.45, 2.75) is 20.4 Å². The largest absolute Gasteiger partial charge is 0.350 e. The van der Waals surface area contributed by atoms with Crippen molar-refractivity contribution in [1.29, 1.82) is 0 Å². The van der Waals surface area contributed by atoms with E-state index >= 15 is 0 Å². The summed E-state index contributed by atoms with van der Waals surface area (Å²) < 4.78 is 13.3. The predicted octanol–water partition coefficient (Wildman–Crippen LogP) is 5.49. The molecule has 0 saturated carbocycles. The Morgan fingerprint density at radius 3 is 2.26 bits per heavy atom. The van der Waals surface area contributed by atoms with Gasteiger partial charge in [-0.2, -0.15) is 0 Å². The monoisotopic (exact) mass is 434 g/mol.